The van der Waals surface area contributed by atoms with Crippen LogP contribution >= 0.6 is 11.6 Å². The number of aliphatic hydroxyl groups is 1. The van der Waals surface area contributed by atoms with Crippen LogP contribution in [-0.2, 0) is 17.4 Å². The molecule has 0 aromatic heterocycles. The molecule has 1 N–H and O–H groups in total. The molecule has 2 aromatic rings. The summed E-state index contributed by atoms with van der Waals surface area (Å²) in [6, 6.07) is 8.01. The van der Waals surface area contributed by atoms with E-state index in [9.17, 15) is 23.1 Å². The van der Waals surface area contributed by atoms with Crippen molar-refractivity contribution in [2.24, 2.45) is 11.8 Å². The molecule has 1 saturated carbocycles. The number of aryl methyl sites for hydroxylation is 1. The normalized spacial score (nSPS) is 21.3. The molecule has 2 atom stereocenters. The van der Waals surface area contributed by atoms with Gasteiger partial charge in [0.1, 0.15) is 17.3 Å². The number of halogens is 4. The Balaban J connectivity index is 1.71. The Morgan fingerprint density at radius 2 is 1.87 bits per heavy atom. The quantitative estimate of drug-likeness (QED) is 0.562. The maximum absolute atomic E-state index is 12.9. The standard InChI is InChI=1S/C23H20ClF3O3/c1-2-12-5-7-16(30-19-8-6-15(10-18(19)24)23(25,26)27)11-17(12)20-21(28)13-3-4-14(9-13)22(20)29/h5-8,10-11,13-14,28H,2-4,9H2,1H3. The monoisotopic (exact) mass is 436 g/mol. The maximum Gasteiger partial charge on any atom is 0.416 e. The van der Waals surface area contributed by atoms with Crippen LogP contribution in [0.3, 0.4) is 0 Å². The van der Waals surface area contributed by atoms with E-state index in [1.54, 1.807) is 18.2 Å². The van der Waals surface area contributed by atoms with Gasteiger partial charge in [0.05, 0.1) is 16.2 Å². The number of alkyl halides is 3. The number of carbonyl (C=O) groups excluding carboxylic acids is 1. The molecular formula is C23H20ClF3O3. The fourth-order valence-corrected chi connectivity index (χ4v) is 4.54. The van der Waals surface area contributed by atoms with Crippen molar-refractivity contribution >= 4 is 23.0 Å². The van der Waals surface area contributed by atoms with Crippen molar-refractivity contribution in [1.82, 2.24) is 0 Å². The van der Waals surface area contributed by atoms with Crippen molar-refractivity contribution in [2.45, 2.75) is 38.8 Å². The highest BCUT2D eigenvalue weighted by molar-refractivity contribution is 6.32. The third kappa shape index (κ3) is 3.69. The third-order valence-corrected chi connectivity index (χ3v) is 6.21. The topological polar surface area (TPSA) is 46.5 Å². The molecule has 158 valence electrons. The second-order valence-electron chi connectivity index (χ2n) is 7.75. The summed E-state index contributed by atoms with van der Waals surface area (Å²) < 4.78 is 44.3. The molecule has 7 heteroatoms. The highest BCUT2D eigenvalue weighted by Gasteiger charge is 2.41. The van der Waals surface area contributed by atoms with Gasteiger partial charge in [0.15, 0.2) is 5.78 Å². The molecule has 2 aliphatic rings. The molecule has 0 radical (unpaired) electrons. The predicted molar refractivity (Wildman–Crippen MR) is 108 cm³/mol. The van der Waals surface area contributed by atoms with Gasteiger partial charge in [-0.1, -0.05) is 24.6 Å². The number of allylic oxidation sites excluding steroid dienone is 2. The first-order chi connectivity index (χ1) is 14.2. The fourth-order valence-electron chi connectivity index (χ4n) is 4.32. The Labute approximate surface area is 177 Å². The van der Waals surface area contributed by atoms with E-state index in [1.807, 2.05) is 6.92 Å². The van der Waals surface area contributed by atoms with Crippen LogP contribution in [0, 0.1) is 11.8 Å². The van der Waals surface area contributed by atoms with Gasteiger partial charge in [-0.15, -0.1) is 0 Å². The number of carbonyl (C=O) groups is 1. The van der Waals surface area contributed by atoms with Crippen molar-refractivity contribution in [2.75, 3.05) is 0 Å². The SMILES string of the molecule is CCc1ccc(Oc2ccc(C(F)(F)F)cc2Cl)cc1C1=C(O)C2CCC(C2)C1=O. The van der Waals surface area contributed by atoms with Gasteiger partial charge in [0, 0.05) is 11.8 Å². The molecule has 2 aromatic carbocycles. The summed E-state index contributed by atoms with van der Waals surface area (Å²) in [4.78, 5) is 12.9. The van der Waals surface area contributed by atoms with Crippen LogP contribution in [0.4, 0.5) is 13.2 Å². The summed E-state index contributed by atoms with van der Waals surface area (Å²) in [5, 5.41) is 10.6. The van der Waals surface area contributed by atoms with E-state index < -0.39 is 11.7 Å². The summed E-state index contributed by atoms with van der Waals surface area (Å²) in [6.07, 6.45) is -1.59. The predicted octanol–water partition coefficient (Wildman–Crippen LogP) is 6.98. The third-order valence-electron chi connectivity index (χ3n) is 5.91. The minimum Gasteiger partial charge on any atom is -0.511 e. The van der Waals surface area contributed by atoms with Crippen LogP contribution in [-0.4, -0.2) is 10.9 Å². The average molecular weight is 437 g/mol. The number of ketones is 1. The van der Waals surface area contributed by atoms with Crippen LogP contribution in [0.5, 0.6) is 11.5 Å². The van der Waals surface area contributed by atoms with Crippen LogP contribution in [0.25, 0.3) is 5.57 Å². The van der Waals surface area contributed by atoms with E-state index >= 15 is 0 Å². The molecule has 3 nitrogen and oxygen atoms in total. The van der Waals surface area contributed by atoms with E-state index in [4.69, 9.17) is 16.3 Å². The van der Waals surface area contributed by atoms with Crippen LogP contribution in [0.2, 0.25) is 5.02 Å². The highest BCUT2D eigenvalue weighted by Crippen LogP contribution is 2.46. The molecule has 0 saturated heterocycles. The Morgan fingerprint density at radius 3 is 2.53 bits per heavy atom. The zero-order valence-electron chi connectivity index (χ0n) is 16.2. The summed E-state index contributed by atoms with van der Waals surface area (Å²) in [7, 11) is 0. The van der Waals surface area contributed by atoms with E-state index in [-0.39, 0.29) is 34.2 Å². The zero-order chi connectivity index (χ0) is 21.6. The van der Waals surface area contributed by atoms with E-state index in [0.717, 1.165) is 30.5 Å². The Hall–Kier alpha value is -2.47. The van der Waals surface area contributed by atoms with Gasteiger partial charge in [-0.05, 0) is 67.1 Å². The average Bonchev–Trinajstić information content (AvgIpc) is 3.15. The molecule has 30 heavy (non-hydrogen) atoms. The lowest BCUT2D eigenvalue weighted by molar-refractivity contribution is -0.137. The minimum atomic E-state index is -4.50. The minimum absolute atomic E-state index is 0.00124. The first-order valence-corrected chi connectivity index (χ1v) is 10.2. The Bertz CT molecular complexity index is 1040. The Morgan fingerprint density at radius 1 is 1.13 bits per heavy atom. The summed E-state index contributed by atoms with van der Waals surface area (Å²) in [6.45, 7) is 1.95. The summed E-state index contributed by atoms with van der Waals surface area (Å²) in [5.74, 6) is 0.415. The van der Waals surface area contributed by atoms with Crippen LogP contribution in [0.1, 0.15) is 42.9 Å². The lowest BCUT2D eigenvalue weighted by Crippen LogP contribution is -2.21. The largest absolute Gasteiger partial charge is 0.511 e. The number of hydrogen-bond donors (Lipinski definition) is 1. The molecular weight excluding hydrogens is 417 g/mol. The van der Waals surface area contributed by atoms with E-state index in [0.29, 0.717) is 29.7 Å². The fraction of sp³-hybridized carbons (Fsp3) is 0.348. The van der Waals surface area contributed by atoms with Crippen molar-refractivity contribution in [1.29, 1.82) is 0 Å². The van der Waals surface area contributed by atoms with Crippen LogP contribution in [0.15, 0.2) is 42.2 Å². The summed E-state index contributed by atoms with van der Waals surface area (Å²) >= 11 is 6.00. The molecule has 4 rings (SSSR count). The van der Waals surface area contributed by atoms with Gasteiger partial charge in [0.2, 0.25) is 0 Å². The number of ether oxygens (including phenoxy) is 1. The molecule has 1 fully saturated rings. The summed E-state index contributed by atoms with van der Waals surface area (Å²) in [5.41, 5.74) is 0.976. The molecule has 0 spiro atoms. The second kappa shape index (κ2) is 7.65. The van der Waals surface area contributed by atoms with E-state index in [1.165, 1.54) is 6.07 Å². The molecule has 2 aliphatic carbocycles. The first-order valence-electron chi connectivity index (χ1n) is 9.84. The molecule has 0 aliphatic heterocycles. The van der Waals surface area contributed by atoms with Crippen molar-refractivity contribution in [3.05, 3.63) is 63.9 Å². The smallest absolute Gasteiger partial charge is 0.416 e. The highest BCUT2D eigenvalue weighted by atomic mass is 35.5. The van der Waals surface area contributed by atoms with Gasteiger partial charge in [-0.3, -0.25) is 4.79 Å². The van der Waals surface area contributed by atoms with Gasteiger partial charge in [-0.2, -0.15) is 13.2 Å². The lowest BCUT2D eigenvalue weighted by atomic mass is 9.81. The molecule has 2 unspecified atom stereocenters. The van der Waals surface area contributed by atoms with E-state index in [2.05, 4.69) is 0 Å². The first kappa shape index (κ1) is 20.8. The van der Waals surface area contributed by atoms with Gasteiger partial charge < -0.3 is 9.84 Å². The zero-order valence-corrected chi connectivity index (χ0v) is 17.0. The molecule has 0 amide bonds. The molecule has 2 bridgehead atoms. The lowest BCUT2D eigenvalue weighted by Gasteiger charge is -2.23. The van der Waals surface area contributed by atoms with Crippen molar-refractivity contribution < 1.29 is 27.8 Å². The van der Waals surface area contributed by atoms with Crippen molar-refractivity contribution in [3.8, 4) is 11.5 Å². The maximum atomic E-state index is 12.9. The number of aliphatic hydroxyl groups excluding tert-OH is 1. The van der Waals surface area contributed by atoms with Gasteiger partial charge in [0.25, 0.3) is 0 Å². The molecule has 0 heterocycles. The number of Topliss-reactive ketones (excluding diaryl/α,β-unsaturated/α-hetero) is 1. The Kier molecular flexibility index (Phi) is 5.30. The number of hydrogen-bond acceptors (Lipinski definition) is 3. The number of benzene rings is 2. The van der Waals surface area contributed by atoms with Crippen LogP contribution < -0.4 is 4.74 Å². The number of rotatable bonds is 4. The second-order valence-corrected chi connectivity index (χ2v) is 8.16. The van der Waals surface area contributed by atoms with Crippen molar-refractivity contribution in [3.63, 3.8) is 0 Å². The number of fused-ring (bicyclic) bond motifs is 2. The van der Waals surface area contributed by atoms with Gasteiger partial charge in [-0.25, -0.2) is 0 Å². The van der Waals surface area contributed by atoms with Gasteiger partial charge >= 0.3 is 6.18 Å².